The number of hydrogen-bond acceptors (Lipinski definition) is 0. The number of aromatic amines is 1. The molecule has 0 fully saturated rings. The number of quaternary nitrogens is 1. The second kappa shape index (κ2) is 4.23. The average Bonchev–Trinajstić information content (AvgIpc) is 3.10. The van der Waals surface area contributed by atoms with Crippen molar-refractivity contribution in [2.75, 3.05) is 13.1 Å². The molecule has 0 saturated heterocycles. The van der Waals surface area contributed by atoms with Crippen LogP contribution in [0.15, 0.2) is 48.5 Å². The smallest absolute Gasteiger partial charge is 0.156 e. The Labute approximate surface area is 131 Å². The lowest BCUT2D eigenvalue weighted by atomic mass is 9.92. The minimum atomic E-state index is 0.498. The molecule has 0 aliphatic carbocycles. The molecule has 2 atom stereocenters. The zero-order valence-electron chi connectivity index (χ0n) is 13.0. The number of rotatable bonds is 1. The number of nitrogens with one attached hydrogen (secondary N) is 1. The van der Waals surface area contributed by atoms with E-state index in [4.69, 9.17) is 0 Å². The van der Waals surface area contributed by atoms with Crippen LogP contribution in [0.2, 0.25) is 0 Å². The molecule has 110 valence electrons. The second-order valence-corrected chi connectivity index (χ2v) is 6.83. The molecule has 3 aromatic rings. The quantitative estimate of drug-likeness (QED) is 0.647. The third-order valence-corrected chi connectivity index (χ3v) is 5.94. The maximum absolute atomic E-state index is 3.77. The molecule has 2 aromatic carbocycles. The Hall–Kier alpha value is -2.06. The Morgan fingerprint density at radius 2 is 1.91 bits per heavy atom. The van der Waals surface area contributed by atoms with Crippen molar-refractivity contribution in [2.45, 2.75) is 25.9 Å². The normalized spacial score (nSPS) is 25.8. The molecule has 2 aliphatic heterocycles. The number of fused-ring (bicyclic) bond motifs is 7. The van der Waals surface area contributed by atoms with Crippen LogP contribution in [0.1, 0.15) is 35.3 Å². The summed E-state index contributed by atoms with van der Waals surface area (Å²) < 4.78 is 1.19. The molecule has 0 spiro atoms. The summed E-state index contributed by atoms with van der Waals surface area (Å²) in [5, 5.41) is 1.43. The largest absolute Gasteiger partial charge is 0.353 e. The minimum absolute atomic E-state index is 0.498. The van der Waals surface area contributed by atoms with E-state index in [9.17, 15) is 0 Å². The van der Waals surface area contributed by atoms with Crippen molar-refractivity contribution in [2.24, 2.45) is 0 Å². The van der Waals surface area contributed by atoms with Gasteiger partial charge < -0.3 is 9.47 Å². The van der Waals surface area contributed by atoms with Gasteiger partial charge >= 0.3 is 0 Å². The van der Waals surface area contributed by atoms with E-state index >= 15 is 0 Å². The molecule has 3 heterocycles. The van der Waals surface area contributed by atoms with Crippen molar-refractivity contribution in [3.8, 4) is 0 Å². The summed E-state index contributed by atoms with van der Waals surface area (Å²) in [6, 6.07) is 18.3. The molecule has 1 aromatic heterocycles. The number of H-pyrrole nitrogens is 1. The Morgan fingerprint density at radius 3 is 2.82 bits per heavy atom. The van der Waals surface area contributed by atoms with Gasteiger partial charge in [-0.3, -0.25) is 0 Å². The molecule has 0 saturated carbocycles. The van der Waals surface area contributed by atoms with E-state index in [1.165, 1.54) is 52.7 Å². The summed E-state index contributed by atoms with van der Waals surface area (Å²) in [5.41, 5.74) is 7.41. The van der Waals surface area contributed by atoms with E-state index in [-0.39, 0.29) is 0 Å². The summed E-state index contributed by atoms with van der Waals surface area (Å²) in [6.45, 7) is 6.00. The van der Waals surface area contributed by atoms with Gasteiger partial charge in [0.2, 0.25) is 0 Å². The number of para-hydroxylation sites is 1. The van der Waals surface area contributed by atoms with Crippen LogP contribution in [-0.2, 0) is 13.0 Å². The van der Waals surface area contributed by atoms with Crippen LogP contribution in [-0.4, -0.2) is 22.6 Å². The number of aromatic nitrogens is 1. The fourth-order valence-corrected chi connectivity index (χ4v) is 4.82. The number of hydrogen-bond donors (Lipinski definition) is 1. The first-order chi connectivity index (χ1) is 10.8. The standard InChI is InChI=1S/C20H21N2/c1-2-22-12-11-17-16-9-5-6-10-18(16)21-19(17)20(22)15-8-4-3-7-14(15)13-22/h3-10,20-21H,2,11-13H2,1H3/q+1. The topological polar surface area (TPSA) is 15.8 Å². The third-order valence-electron chi connectivity index (χ3n) is 5.94. The number of benzene rings is 2. The zero-order chi connectivity index (χ0) is 14.7. The second-order valence-electron chi connectivity index (χ2n) is 6.83. The molecule has 2 nitrogen and oxygen atoms in total. The van der Waals surface area contributed by atoms with Crippen LogP contribution in [0.3, 0.4) is 0 Å². The van der Waals surface area contributed by atoms with Crippen molar-refractivity contribution < 1.29 is 4.48 Å². The lowest BCUT2D eigenvalue weighted by molar-refractivity contribution is -0.958. The van der Waals surface area contributed by atoms with Gasteiger partial charge in [-0.05, 0) is 18.6 Å². The van der Waals surface area contributed by atoms with Crippen LogP contribution in [0.25, 0.3) is 10.9 Å². The van der Waals surface area contributed by atoms with Crippen molar-refractivity contribution in [1.82, 2.24) is 4.98 Å². The van der Waals surface area contributed by atoms with Gasteiger partial charge in [0.1, 0.15) is 6.54 Å². The van der Waals surface area contributed by atoms with Gasteiger partial charge in [0, 0.05) is 28.5 Å². The Bertz CT molecular complexity index is 876. The summed E-state index contributed by atoms with van der Waals surface area (Å²) in [4.78, 5) is 3.77. The first-order valence-corrected chi connectivity index (χ1v) is 8.35. The van der Waals surface area contributed by atoms with Gasteiger partial charge in [-0.15, -0.1) is 0 Å². The highest BCUT2D eigenvalue weighted by Gasteiger charge is 2.49. The average molecular weight is 289 g/mol. The van der Waals surface area contributed by atoms with Crippen LogP contribution < -0.4 is 0 Å². The molecule has 0 bridgehead atoms. The molecule has 0 radical (unpaired) electrons. The highest BCUT2D eigenvalue weighted by atomic mass is 15.4. The van der Waals surface area contributed by atoms with Crippen LogP contribution in [0.5, 0.6) is 0 Å². The van der Waals surface area contributed by atoms with E-state index in [0.29, 0.717) is 6.04 Å². The lowest BCUT2D eigenvalue weighted by Gasteiger charge is -2.42. The van der Waals surface area contributed by atoms with E-state index in [1.807, 2.05) is 0 Å². The van der Waals surface area contributed by atoms with Crippen LogP contribution >= 0.6 is 0 Å². The summed E-state index contributed by atoms with van der Waals surface area (Å²) in [6.07, 6.45) is 1.19. The lowest BCUT2D eigenvalue weighted by Crippen LogP contribution is -2.50. The highest BCUT2D eigenvalue weighted by Crippen LogP contribution is 2.49. The molecule has 1 N–H and O–H groups in total. The Kier molecular flexibility index (Phi) is 2.40. The molecular formula is C20H21N2+. The molecule has 5 rings (SSSR count). The van der Waals surface area contributed by atoms with Crippen LogP contribution in [0, 0.1) is 0 Å². The molecular weight excluding hydrogens is 268 g/mol. The first-order valence-electron chi connectivity index (χ1n) is 8.35. The fourth-order valence-electron chi connectivity index (χ4n) is 4.82. The van der Waals surface area contributed by atoms with Crippen LogP contribution in [0.4, 0.5) is 0 Å². The van der Waals surface area contributed by atoms with Gasteiger partial charge in [0.15, 0.2) is 6.04 Å². The monoisotopic (exact) mass is 289 g/mol. The summed E-state index contributed by atoms with van der Waals surface area (Å²) in [7, 11) is 0. The van der Waals surface area contributed by atoms with E-state index in [2.05, 4.69) is 60.4 Å². The van der Waals surface area contributed by atoms with Crippen molar-refractivity contribution in [3.05, 3.63) is 70.9 Å². The molecule has 2 aliphatic rings. The summed E-state index contributed by atoms with van der Waals surface area (Å²) in [5.74, 6) is 0. The minimum Gasteiger partial charge on any atom is -0.353 e. The summed E-state index contributed by atoms with van der Waals surface area (Å²) >= 11 is 0. The predicted molar refractivity (Wildman–Crippen MR) is 89.7 cm³/mol. The van der Waals surface area contributed by atoms with E-state index in [0.717, 1.165) is 0 Å². The number of likely N-dealkylation sites (N-methyl/N-ethyl adjacent to an activating group) is 1. The molecule has 2 unspecified atom stereocenters. The van der Waals surface area contributed by atoms with Crippen molar-refractivity contribution >= 4 is 10.9 Å². The molecule has 22 heavy (non-hydrogen) atoms. The Morgan fingerprint density at radius 1 is 1.09 bits per heavy atom. The van der Waals surface area contributed by atoms with Gasteiger partial charge in [-0.1, -0.05) is 42.5 Å². The first kappa shape index (κ1) is 12.5. The fraction of sp³-hybridized carbons (Fsp3) is 0.300. The molecule has 0 amide bonds. The van der Waals surface area contributed by atoms with Crippen molar-refractivity contribution in [1.29, 1.82) is 0 Å². The zero-order valence-corrected chi connectivity index (χ0v) is 13.0. The van der Waals surface area contributed by atoms with E-state index < -0.39 is 0 Å². The van der Waals surface area contributed by atoms with Crippen molar-refractivity contribution in [3.63, 3.8) is 0 Å². The van der Waals surface area contributed by atoms with Gasteiger partial charge in [-0.25, -0.2) is 0 Å². The van der Waals surface area contributed by atoms with Gasteiger partial charge in [-0.2, -0.15) is 0 Å². The highest BCUT2D eigenvalue weighted by molar-refractivity contribution is 5.85. The molecule has 2 heteroatoms. The maximum Gasteiger partial charge on any atom is 0.156 e. The van der Waals surface area contributed by atoms with Gasteiger partial charge in [0.05, 0.1) is 18.8 Å². The maximum atomic E-state index is 3.77. The predicted octanol–water partition coefficient (Wildman–Crippen LogP) is 4.16. The number of nitrogens with zero attached hydrogens (tertiary/aromatic N) is 1. The van der Waals surface area contributed by atoms with Gasteiger partial charge in [0.25, 0.3) is 0 Å². The third kappa shape index (κ3) is 1.43. The van der Waals surface area contributed by atoms with E-state index in [1.54, 1.807) is 11.1 Å². The SMILES string of the molecule is CC[N+]12CCc3c([nH]c4ccccc34)C1c1ccccc1C2. The Balaban J connectivity index is 1.81.